The second kappa shape index (κ2) is 6.91. The number of amides is 1. The zero-order valence-electron chi connectivity index (χ0n) is 12.2. The Bertz CT molecular complexity index is 721. The van der Waals surface area contributed by atoms with Crippen molar-refractivity contribution in [2.75, 3.05) is 5.32 Å². The zero-order chi connectivity index (χ0) is 16.1. The highest BCUT2D eigenvalue weighted by Gasteiger charge is 2.07. The van der Waals surface area contributed by atoms with Crippen LogP contribution in [-0.4, -0.2) is 16.1 Å². The van der Waals surface area contributed by atoms with E-state index in [9.17, 15) is 9.90 Å². The molecule has 1 aromatic carbocycles. The molecule has 0 saturated carbocycles. The van der Waals surface area contributed by atoms with E-state index in [4.69, 9.17) is 16.6 Å². The van der Waals surface area contributed by atoms with Crippen molar-refractivity contribution in [1.29, 1.82) is 0 Å². The first-order valence-electron chi connectivity index (χ1n) is 6.59. The monoisotopic (exact) mass is 316 g/mol. The van der Waals surface area contributed by atoms with E-state index in [0.717, 1.165) is 11.1 Å². The smallest absolute Gasteiger partial charge is 0.250 e. The van der Waals surface area contributed by atoms with Gasteiger partial charge in [0.25, 0.3) is 0 Å². The molecule has 22 heavy (non-hydrogen) atoms. The van der Waals surface area contributed by atoms with Crippen LogP contribution in [0.5, 0.6) is 5.75 Å². The maximum Gasteiger partial charge on any atom is 0.250 e. The van der Waals surface area contributed by atoms with Gasteiger partial charge in [0, 0.05) is 6.08 Å². The summed E-state index contributed by atoms with van der Waals surface area (Å²) < 4.78 is 5.08. The van der Waals surface area contributed by atoms with Gasteiger partial charge in [0.15, 0.2) is 5.11 Å². The van der Waals surface area contributed by atoms with Crippen molar-refractivity contribution in [3.05, 3.63) is 53.5 Å². The highest BCUT2D eigenvalue weighted by Crippen LogP contribution is 2.26. The minimum atomic E-state index is -0.391. The van der Waals surface area contributed by atoms with Crippen LogP contribution in [0.1, 0.15) is 16.9 Å². The number of rotatable bonds is 3. The standard InChI is InChI=1S/C16H16N2O3S/c1-10-8-13(14(19)9-11(10)2)17-16(22)18-15(20)6-5-12-4-3-7-21-12/h3-9,19H,1-2H3,(H2,17,18,20,22)/b6-5+. The molecule has 1 amide bonds. The molecule has 2 aromatic rings. The Morgan fingerprint density at radius 1 is 1.32 bits per heavy atom. The Labute approximate surface area is 133 Å². The van der Waals surface area contributed by atoms with Crippen molar-refractivity contribution in [2.24, 2.45) is 0 Å². The Morgan fingerprint density at radius 2 is 2.05 bits per heavy atom. The highest BCUT2D eigenvalue weighted by molar-refractivity contribution is 7.80. The molecule has 1 aromatic heterocycles. The third-order valence-corrected chi connectivity index (χ3v) is 3.24. The fourth-order valence-corrected chi connectivity index (χ4v) is 1.96. The van der Waals surface area contributed by atoms with Gasteiger partial charge in [-0.05, 0) is 67.5 Å². The summed E-state index contributed by atoms with van der Waals surface area (Å²) in [4.78, 5) is 11.7. The molecule has 0 saturated heterocycles. The van der Waals surface area contributed by atoms with Crippen molar-refractivity contribution < 1.29 is 14.3 Å². The number of aryl methyl sites for hydroxylation is 2. The Balaban J connectivity index is 1.95. The summed E-state index contributed by atoms with van der Waals surface area (Å²) in [7, 11) is 0. The number of hydrogen-bond acceptors (Lipinski definition) is 4. The molecule has 0 radical (unpaired) electrons. The lowest BCUT2D eigenvalue weighted by atomic mass is 10.1. The minimum Gasteiger partial charge on any atom is -0.506 e. The SMILES string of the molecule is Cc1cc(O)c(NC(=S)NC(=O)/C=C/c2ccco2)cc1C. The van der Waals surface area contributed by atoms with Gasteiger partial charge >= 0.3 is 0 Å². The molecule has 114 valence electrons. The van der Waals surface area contributed by atoms with Gasteiger partial charge < -0.3 is 14.8 Å². The summed E-state index contributed by atoms with van der Waals surface area (Å²) in [6.45, 7) is 3.83. The van der Waals surface area contributed by atoms with Crippen LogP contribution in [0.3, 0.4) is 0 Å². The van der Waals surface area contributed by atoms with Crippen LogP contribution in [0.25, 0.3) is 6.08 Å². The van der Waals surface area contributed by atoms with Gasteiger partial charge in [-0.2, -0.15) is 0 Å². The molecule has 2 rings (SSSR count). The number of hydrogen-bond donors (Lipinski definition) is 3. The average molecular weight is 316 g/mol. The predicted molar refractivity (Wildman–Crippen MR) is 89.7 cm³/mol. The quantitative estimate of drug-likeness (QED) is 0.461. The van der Waals surface area contributed by atoms with E-state index in [1.807, 2.05) is 13.8 Å². The number of anilines is 1. The maximum absolute atomic E-state index is 11.7. The summed E-state index contributed by atoms with van der Waals surface area (Å²) in [5.41, 5.74) is 2.43. The van der Waals surface area contributed by atoms with Gasteiger partial charge in [-0.15, -0.1) is 0 Å². The molecule has 0 aliphatic carbocycles. The van der Waals surface area contributed by atoms with Crippen LogP contribution in [0, 0.1) is 13.8 Å². The molecule has 6 heteroatoms. The van der Waals surface area contributed by atoms with Crippen LogP contribution >= 0.6 is 12.2 Å². The summed E-state index contributed by atoms with van der Waals surface area (Å²) in [6.07, 6.45) is 4.37. The summed E-state index contributed by atoms with van der Waals surface area (Å²) in [5.74, 6) is 0.254. The Morgan fingerprint density at radius 3 is 2.73 bits per heavy atom. The Kier molecular flexibility index (Phi) is 4.95. The zero-order valence-corrected chi connectivity index (χ0v) is 13.0. The molecule has 0 unspecified atom stereocenters. The van der Waals surface area contributed by atoms with E-state index in [1.165, 1.54) is 18.4 Å². The van der Waals surface area contributed by atoms with Crippen LogP contribution in [0.4, 0.5) is 5.69 Å². The third kappa shape index (κ3) is 4.20. The van der Waals surface area contributed by atoms with Crippen LogP contribution in [0.2, 0.25) is 0 Å². The van der Waals surface area contributed by atoms with Crippen molar-refractivity contribution >= 4 is 35.0 Å². The first-order chi connectivity index (χ1) is 10.5. The van der Waals surface area contributed by atoms with Crippen molar-refractivity contribution in [2.45, 2.75) is 13.8 Å². The van der Waals surface area contributed by atoms with E-state index in [1.54, 1.807) is 24.3 Å². The largest absolute Gasteiger partial charge is 0.506 e. The van der Waals surface area contributed by atoms with Gasteiger partial charge in [0.05, 0.1) is 12.0 Å². The van der Waals surface area contributed by atoms with E-state index >= 15 is 0 Å². The molecule has 0 bridgehead atoms. The Hall–Kier alpha value is -2.60. The van der Waals surface area contributed by atoms with Crippen molar-refractivity contribution in [1.82, 2.24) is 5.32 Å². The molecule has 0 aliphatic heterocycles. The normalized spacial score (nSPS) is 10.6. The first kappa shape index (κ1) is 15.8. The van der Waals surface area contributed by atoms with Gasteiger partial charge in [-0.1, -0.05) is 0 Å². The minimum absolute atomic E-state index is 0.0748. The molecule has 5 nitrogen and oxygen atoms in total. The number of phenols is 1. The predicted octanol–water partition coefficient (Wildman–Crippen LogP) is 3.13. The first-order valence-corrected chi connectivity index (χ1v) is 7.00. The number of aromatic hydroxyl groups is 1. The molecule has 0 fully saturated rings. The maximum atomic E-state index is 11.7. The van der Waals surface area contributed by atoms with Crippen LogP contribution in [0.15, 0.2) is 41.0 Å². The van der Waals surface area contributed by atoms with Gasteiger partial charge in [-0.3, -0.25) is 10.1 Å². The third-order valence-electron chi connectivity index (χ3n) is 3.04. The van der Waals surface area contributed by atoms with Crippen LogP contribution < -0.4 is 10.6 Å². The number of thiocarbonyl (C=S) groups is 1. The molecule has 0 aliphatic rings. The number of phenolic OH excluding ortho intramolecular Hbond substituents is 1. The fraction of sp³-hybridized carbons (Fsp3) is 0.125. The number of nitrogens with one attached hydrogen (secondary N) is 2. The number of benzene rings is 1. The summed E-state index contributed by atoms with van der Waals surface area (Å²) in [6, 6.07) is 6.86. The summed E-state index contributed by atoms with van der Waals surface area (Å²) >= 11 is 5.05. The molecule has 3 N–H and O–H groups in total. The van der Waals surface area contributed by atoms with E-state index in [0.29, 0.717) is 11.4 Å². The molecule has 0 spiro atoms. The number of carbonyl (C=O) groups is 1. The fourth-order valence-electron chi connectivity index (χ4n) is 1.75. The van der Waals surface area contributed by atoms with E-state index in [2.05, 4.69) is 10.6 Å². The van der Waals surface area contributed by atoms with Gasteiger partial charge in [-0.25, -0.2) is 0 Å². The second-order valence-electron chi connectivity index (χ2n) is 4.75. The highest BCUT2D eigenvalue weighted by atomic mass is 32.1. The molecule has 0 atom stereocenters. The second-order valence-corrected chi connectivity index (χ2v) is 5.15. The topological polar surface area (TPSA) is 74.5 Å². The van der Waals surface area contributed by atoms with Gasteiger partial charge in [0.2, 0.25) is 5.91 Å². The van der Waals surface area contributed by atoms with Crippen molar-refractivity contribution in [3.8, 4) is 5.75 Å². The lowest BCUT2D eigenvalue weighted by Crippen LogP contribution is -2.32. The average Bonchev–Trinajstić information content (AvgIpc) is 2.95. The van der Waals surface area contributed by atoms with E-state index < -0.39 is 5.91 Å². The van der Waals surface area contributed by atoms with Crippen LogP contribution in [-0.2, 0) is 4.79 Å². The lowest BCUT2D eigenvalue weighted by molar-refractivity contribution is -0.115. The molecular formula is C16H16N2O3S. The van der Waals surface area contributed by atoms with E-state index in [-0.39, 0.29) is 10.9 Å². The van der Waals surface area contributed by atoms with Gasteiger partial charge in [0.1, 0.15) is 11.5 Å². The summed E-state index contributed by atoms with van der Waals surface area (Å²) in [5, 5.41) is 15.3. The number of carbonyl (C=O) groups excluding carboxylic acids is 1. The molecule has 1 heterocycles. The van der Waals surface area contributed by atoms with Crippen molar-refractivity contribution in [3.63, 3.8) is 0 Å². The number of furan rings is 1. The lowest BCUT2D eigenvalue weighted by Gasteiger charge is -2.12. The molecular weight excluding hydrogens is 300 g/mol.